The van der Waals surface area contributed by atoms with Gasteiger partial charge in [-0.2, -0.15) is 0 Å². The Morgan fingerprint density at radius 3 is 2.58 bits per heavy atom. The topological polar surface area (TPSA) is 43.4 Å². The van der Waals surface area contributed by atoms with E-state index in [1.165, 1.54) is 13.2 Å². The number of rotatable bonds is 5. The van der Waals surface area contributed by atoms with Crippen molar-refractivity contribution in [3.05, 3.63) is 12.3 Å². The molecule has 0 amide bonds. The molecule has 0 unspecified atom stereocenters. The van der Waals surface area contributed by atoms with E-state index in [1.807, 2.05) is 6.92 Å². The van der Waals surface area contributed by atoms with Crippen LogP contribution in [0.5, 0.6) is 0 Å². The van der Waals surface area contributed by atoms with Gasteiger partial charge in [0.05, 0.1) is 6.26 Å². The molecule has 0 radical (unpaired) electrons. The number of carbonyl (C=O) groups excluding carboxylic acids is 2. The van der Waals surface area contributed by atoms with Crippen LogP contribution in [0.25, 0.3) is 0 Å². The summed E-state index contributed by atoms with van der Waals surface area (Å²) in [6.45, 7) is 3.39. The number of Topliss-reactive ketones (excluding diaryl/α,β-unsaturated/α-hetero) is 1. The van der Waals surface area contributed by atoms with Crippen LogP contribution in [-0.2, 0) is 14.3 Å². The Hall–Kier alpha value is -1.12. The van der Waals surface area contributed by atoms with Crippen molar-refractivity contribution in [1.29, 1.82) is 0 Å². The molecule has 0 saturated carbocycles. The predicted octanol–water partition coefficient (Wildman–Crippen LogP) is 1.82. The summed E-state index contributed by atoms with van der Waals surface area (Å²) < 4.78 is 4.61. The highest BCUT2D eigenvalue weighted by Gasteiger charge is 2.03. The fourth-order valence-electron chi connectivity index (χ4n) is 0.604. The van der Waals surface area contributed by atoms with E-state index in [0.29, 0.717) is 0 Å². The number of hydrogen-bond acceptors (Lipinski definition) is 3. The Labute approximate surface area is 72.4 Å². The van der Waals surface area contributed by atoms with E-state index in [-0.39, 0.29) is 12.2 Å². The molecule has 0 aromatic heterocycles. The van der Waals surface area contributed by atoms with Crippen LogP contribution in [0.15, 0.2) is 12.3 Å². The molecule has 0 saturated heterocycles. The Morgan fingerprint density at radius 2 is 2.08 bits per heavy atom. The van der Waals surface area contributed by atoms with Gasteiger partial charge in [0.25, 0.3) is 0 Å². The summed E-state index contributed by atoms with van der Waals surface area (Å²) in [7, 11) is 0. The van der Waals surface area contributed by atoms with Gasteiger partial charge in [-0.3, -0.25) is 9.59 Å². The van der Waals surface area contributed by atoms with Gasteiger partial charge in [0.15, 0.2) is 0 Å². The Bertz CT molecular complexity index is 182. The average molecular weight is 170 g/mol. The highest BCUT2D eigenvalue weighted by atomic mass is 16.5. The van der Waals surface area contributed by atoms with Gasteiger partial charge in [-0.1, -0.05) is 13.3 Å². The molecule has 3 nitrogen and oxygen atoms in total. The number of ketones is 1. The summed E-state index contributed by atoms with van der Waals surface area (Å²) in [5.74, 6) is -0.668. The van der Waals surface area contributed by atoms with Crippen LogP contribution >= 0.6 is 0 Å². The Morgan fingerprint density at radius 1 is 1.42 bits per heavy atom. The lowest BCUT2D eigenvalue weighted by Crippen LogP contribution is -2.04. The molecule has 0 atom stereocenters. The van der Waals surface area contributed by atoms with Gasteiger partial charge in [0.1, 0.15) is 12.2 Å². The quantitative estimate of drug-likeness (QED) is 0.359. The van der Waals surface area contributed by atoms with E-state index in [2.05, 4.69) is 4.74 Å². The van der Waals surface area contributed by atoms with Crippen molar-refractivity contribution in [2.45, 2.75) is 33.1 Å². The van der Waals surface area contributed by atoms with Gasteiger partial charge < -0.3 is 4.74 Å². The predicted molar refractivity (Wildman–Crippen MR) is 45.4 cm³/mol. The molecular weight excluding hydrogens is 156 g/mol. The molecule has 0 aliphatic heterocycles. The minimum atomic E-state index is -0.491. The maximum atomic E-state index is 10.7. The van der Waals surface area contributed by atoms with Gasteiger partial charge >= 0.3 is 5.97 Å². The first-order chi connectivity index (χ1) is 5.66. The van der Waals surface area contributed by atoms with E-state index in [9.17, 15) is 9.59 Å². The van der Waals surface area contributed by atoms with Crippen LogP contribution in [-0.4, -0.2) is 11.8 Å². The van der Waals surface area contributed by atoms with Gasteiger partial charge in [-0.15, -0.1) is 0 Å². The molecule has 0 fully saturated rings. The largest absolute Gasteiger partial charge is 0.435 e. The summed E-state index contributed by atoms with van der Waals surface area (Å²) >= 11 is 0. The highest BCUT2D eigenvalue weighted by molar-refractivity contribution is 5.94. The summed E-state index contributed by atoms with van der Waals surface area (Å²) in [5, 5.41) is 0. The third-order valence-electron chi connectivity index (χ3n) is 1.14. The maximum Gasteiger partial charge on any atom is 0.318 e. The summed E-state index contributed by atoms with van der Waals surface area (Å²) in [4.78, 5) is 21.1. The molecule has 0 aromatic carbocycles. The van der Waals surface area contributed by atoms with Crippen LogP contribution in [0.4, 0.5) is 0 Å². The smallest absolute Gasteiger partial charge is 0.318 e. The highest BCUT2D eigenvalue weighted by Crippen LogP contribution is 1.92. The molecular formula is C9H14O3. The van der Waals surface area contributed by atoms with Gasteiger partial charge in [0.2, 0.25) is 0 Å². The molecule has 0 aliphatic carbocycles. The normalized spacial score (nSPS) is 10.2. The number of allylic oxidation sites excluding steroid dienone is 1. The van der Waals surface area contributed by atoms with Crippen molar-refractivity contribution < 1.29 is 14.3 Å². The average Bonchev–Trinajstić information content (AvgIpc) is 1.97. The van der Waals surface area contributed by atoms with Crippen molar-refractivity contribution >= 4 is 11.8 Å². The molecule has 0 aliphatic rings. The second-order valence-electron chi connectivity index (χ2n) is 2.53. The molecule has 0 aromatic rings. The van der Waals surface area contributed by atoms with Crippen molar-refractivity contribution in [3.8, 4) is 0 Å². The molecule has 3 heteroatoms. The summed E-state index contributed by atoms with van der Waals surface area (Å²) in [6.07, 6.45) is 4.86. The third kappa shape index (κ3) is 6.99. The van der Waals surface area contributed by atoms with Crippen LogP contribution < -0.4 is 0 Å². The summed E-state index contributed by atoms with van der Waals surface area (Å²) in [6, 6.07) is 0. The fraction of sp³-hybridized carbons (Fsp3) is 0.556. The zero-order valence-corrected chi connectivity index (χ0v) is 7.50. The summed E-state index contributed by atoms with van der Waals surface area (Å²) in [5.41, 5.74) is 0. The van der Waals surface area contributed by atoms with Gasteiger partial charge in [-0.05, 0) is 19.4 Å². The third-order valence-corrected chi connectivity index (χ3v) is 1.14. The van der Waals surface area contributed by atoms with E-state index in [0.717, 1.165) is 12.8 Å². The zero-order valence-electron chi connectivity index (χ0n) is 7.50. The van der Waals surface area contributed by atoms with E-state index in [1.54, 1.807) is 6.08 Å². The number of unbranched alkanes of at least 4 members (excludes halogenated alkanes) is 1. The van der Waals surface area contributed by atoms with Crippen molar-refractivity contribution in [3.63, 3.8) is 0 Å². The van der Waals surface area contributed by atoms with Crippen molar-refractivity contribution in [2.24, 2.45) is 0 Å². The number of ether oxygens (including phenoxy) is 1. The molecule has 12 heavy (non-hydrogen) atoms. The first-order valence-electron chi connectivity index (χ1n) is 4.00. The van der Waals surface area contributed by atoms with Crippen molar-refractivity contribution in [1.82, 2.24) is 0 Å². The molecule has 0 rings (SSSR count). The molecule has 68 valence electrons. The lowest BCUT2D eigenvalue weighted by Gasteiger charge is -1.94. The van der Waals surface area contributed by atoms with E-state index in [4.69, 9.17) is 0 Å². The van der Waals surface area contributed by atoms with Crippen LogP contribution in [0.2, 0.25) is 0 Å². The standard InChI is InChI=1S/C9H14O3/c1-3-4-5-6-12-9(11)7-8(2)10/h5-6H,3-4,7H2,1-2H3. The minimum absolute atomic E-state index is 0.142. The molecule has 0 heterocycles. The first kappa shape index (κ1) is 10.9. The van der Waals surface area contributed by atoms with E-state index < -0.39 is 5.97 Å². The Balaban J connectivity index is 3.50. The SMILES string of the molecule is CCCC=COC(=O)CC(C)=O. The second kappa shape index (κ2) is 6.58. The molecule has 0 N–H and O–H groups in total. The van der Waals surface area contributed by atoms with Crippen molar-refractivity contribution in [2.75, 3.05) is 0 Å². The van der Waals surface area contributed by atoms with Gasteiger partial charge in [-0.25, -0.2) is 0 Å². The van der Waals surface area contributed by atoms with Crippen LogP contribution in [0, 0.1) is 0 Å². The first-order valence-corrected chi connectivity index (χ1v) is 4.00. The van der Waals surface area contributed by atoms with Crippen LogP contribution in [0.1, 0.15) is 33.1 Å². The maximum absolute atomic E-state index is 10.7. The van der Waals surface area contributed by atoms with Gasteiger partial charge in [0, 0.05) is 0 Å². The Kier molecular flexibility index (Phi) is 5.97. The van der Waals surface area contributed by atoms with E-state index >= 15 is 0 Å². The number of hydrogen-bond donors (Lipinski definition) is 0. The lowest BCUT2D eigenvalue weighted by molar-refractivity contribution is -0.140. The molecule has 0 spiro atoms. The molecule has 0 bridgehead atoms. The number of esters is 1. The fourth-order valence-corrected chi connectivity index (χ4v) is 0.604. The number of carbonyl (C=O) groups is 2. The second-order valence-corrected chi connectivity index (χ2v) is 2.53. The monoisotopic (exact) mass is 170 g/mol. The zero-order chi connectivity index (χ0) is 9.40. The van der Waals surface area contributed by atoms with Crippen LogP contribution in [0.3, 0.4) is 0 Å². The minimum Gasteiger partial charge on any atom is -0.435 e. The lowest BCUT2D eigenvalue weighted by atomic mass is 10.3.